The summed E-state index contributed by atoms with van der Waals surface area (Å²) in [6, 6.07) is 2.49. The van der Waals surface area contributed by atoms with E-state index in [-0.39, 0.29) is 23.9 Å². The smallest absolute Gasteiger partial charge is 0.284 e. The molecule has 0 atom stereocenters. The molecule has 0 bridgehead atoms. The van der Waals surface area contributed by atoms with Crippen LogP contribution in [0.1, 0.15) is 17.5 Å². The number of primary amides is 1. The summed E-state index contributed by atoms with van der Waals surface area (Å²) in [6.45, 7) is 7.73. The molecule has 1 aromatic rings. The van der Waals surface area contributed by atoms with Crippen LogP contribution in [0.15, 0.2) is 33.8 Å². The van der Waals surface area contributed by atoms with Gasteiger partial charge in [-0.15, -0.1) is 0 Å². The normalized spacial score (nSPS) is 16.0. The number of carbonyl (C=O) groups excluding carboxylic acids is 1. The molecule has 1 saturated heterocycles. The highest BCUT2D eigenvalue weighted by molar-refractivity contribution is 7.89. The van der Waals surface area contributed by atoms with E-state index < -0.39 is 15.9 Å². The second-order valence-electron chi connectivity index (χ2n) is 5.49. The highest BCUT2D eigenvalue weighted by Crippen LogP contribution is 2.20. The number of hydrogen-bond acceptors (Lipinski definition) is 5. The molecular weight excluding hydrogens is 352 g/mol. The van der Waals surface area contributed by atoms with Crippen molar-refractivity contribution in [3.05, 3.63) is 30.0 Å². The van der Waals surface area contributed by atoms with Gasteiger partial charge in [0.05, 0.1) is 0 Å². The Labute approximate surface area is 146 Å². The zero-order valence-electron chi connectivity index (χ0n) is 13.3. The third-order valence-electron chi connectivity index (χ3n) is 3.49. The molecule has 132 valence electrons. The van der Waals surface area contributed by atoms with Crippen LogP contribution >= 0.6 is 12.2 Å². The molecule has 1 aromatic heterocycles. The van der Waals surface area contributed by atoms with Crippen molar-refractivity contribution in [2.75, 3.05) is 32.7 Å². The first kappa shape index (κ1) is 18.4. The lowest BCUT2D eigenvalue weighted by atomic mass is 10.3. The summed E-state index contributed by atoms with van der Waals surface area (Å²) in [5, 5.41) is 3.36. The maximum absolute atomic E-state index is 12.5. The van der Waals surface area contributed by atoms with Crippen molar-refractivity contribution in [3.63, 3.8) is 0 Å². The maximum atomic E-state index is 12.5. The van der Waals surface area contributed by atoms with Crippen LogP contribution in [-0.4, -0.2) is 61.4 Å². The van der Waals surface area contributed by atoms with Crippen LogP contribution in [0.2, 0.25) is 0 Å². The third-order valence-corrected chi connectivity index (χ3v) is 5.66. The number of nitrogens with two attached hydrogens (primary N) is 1. The van der Waals surface area contributed by atoms with Gasteiger partial charge in [-0.3, -0.25) is 4.79 Å². The summed E-state index contributed by atoms with van der Waals surface area (Å²) in [7, 11) is -3.80. The predicted octanol–water partition coefficient (Wildman–Crippen LogP) is 0.135. The second-order valence-corrected chi connectivity index (χ2v) is 7.75. The molecule has 0 unspecified atom stereocenters. The fraction of sp³-hybridized carbons (Fsp3) is 0.429. The van der Waals surface area contributed by atoms with Crippen LogP contribution in [0, 0.1) is 0 Å². The number of sulfonamides is 1. The van der Waals surface area contributed by atoms with Crippen LogP contribution in [0.3, 0.4) is 0 Å². The molecule has 1 fully saturated rings. The van der Waals surface area contributed by atoms with Gasteiger partial charge in [0.1, 0.15) is 0 Å². The molecule has 0 aromatic carbocycles. The number of carbonyl (C=O) groups is 1. The summed E-state index contributed by atoms with van der Waals surface area (Å²) in [5.41, 5.74) is 6.03. The zero-order valence-corrected chi connectivity index (χ0v) is 15.0. The molecule has 2 heterocycles. The molecule has 0 saturated carbocycles. The van der Waals surface area contributed by atoms with Gasteiger partial charge >= 0.3 is 0 Å². The summed E-state index contributed by atoms with van der Waals surface area (Å²) < 4.78 is 31.4. The number of amides is 1. The Kier molecular flexibility index (Phi) is 5.62. The monoisotopic (exact) mass is 372 g/mol. The molecule has 10 heteroatoms. The van der Waals surface area contributed by atoms with E-state index in [9.17, 15) is 13.2 Å². The molecule has 8 nitrogen and oxygen atoms in total. The molecule has 0 spiro atoms. The van der Waals surface area contributed by atoms with Gasteiger partial charge in [-0.2, -0.15) is 4.31 Å². The number of thiocarbonyl (C=S) groups is 1. The van der Waals surface area contributed by atoms with Crippen molar-refractivity contribution in [2.45, 2.75) is 12.0 Å². The van der Waals surface area contributed by atoms with Gasteiger partial charge in [0.15, 0.2) is 10.9 Å². The van der Waals surface area contributed by atoms with Crippen molar-refractivity contribution < 1.29 is 17.6 Å². The highest BCUT2D eigenvalue weighted by Gasteiger charge is 2.31. The van der Waals surface area contributed by atoms with Crippen molar-refractivity contribution >= 4 is 33.3 Å². The van der Waals surface area contributed by atoms with Crippen molar-refractivity contribution in [1.29, 1.82) is 0 Å². The second kappa shape index (κ2) is 7.32. The van der Waals surface area contributed by atoms with E-state index in [2.05, 4.69) is 11.9 Å². The minimum atomic E-state index is -3.80. The standard InChI is InChI=1S/C14H20N4O4S2/c1-10(2)9-16-14(23)17-5-7-18(8-6-17)24(20,21)12-4-3-11(22-12)13(15)19/h3-4H,1,5-9H2,2H3,(H2,15,19)(H,16,23). The Morgan fingerprint density at radius 1 is 1.38 bits per heavy atom. The molecule has 0 aliphatic carbocycles. The van der Waals surface area contributed by atoms with Gasteiger partial charge in [-0.05, 0) is 31.3 Å². The predicted molar refractivity (Wildman–Crippen MR) is 93.0 cm³/mol. The molecule has 1 aliphatic rings. The molecule has 3 N–H and O–H groups in total. The number of hydrogen-bond donors (Lipinski definition) is 2. The lowest BCUT2D eigenvalue weighted by molar-refractivity contribution is 0.0968. The Morgan fingerprint density at radius 3 is 2.50 bits per heavy atom. The van der Waals surface area contributed by atoms with E-state index in [4.69, 9.17) is 22.4 Å². The van der Waals surface area contributed by atoms with Gasteiger partial charge in [-0.1, -0.05) is 12.2 Å². The van der Waals surface area contributed by atoms with Gasteiger partial charge < -0.3 is 20.4 Å². The lowest BCUT2D eigenvalue weighted by Crippen LogP contribution is -2.53. The Bertz CT molecular complexity index is 749. The van der Waals surface area contributed by atoms with Crippen LogP contribution in [0.5, 0.6) is 0 Å². The fourth-order valence-electron chi connectivity index (χ4n) is 2.19. The van der Waals surface area contributed by atoms with Crippen LogP contribution in [-0.2, 0) is 10.0 Å². The first-order valence-corrected chi connectivity index (χ1v) is 9.13. The molecule has 2 rings (SSSR count). The molecule has 24 heavy (non-hydrogen) atoms. The topological polar surface area (TPSA) is 109 Å². The quantitative estimate of drug-likeness (QED) is 0.559. The summed E-state index contributed by atoms with van der Waals surface area (Å²) in [4.78, 5) is 12.9. The Morgan fingerprint density at radius 2 is 2.00 bits per heavy atom. The van der Waals surface area contributed by atoms with Crippen LogP contribution in [0.4, 0.5) is 0 Å². The summed E-state index contributed by atoms with van der Waals surface area (Å²) in [6.07, 6.45) is 0. The number of piperazine rings is 1. The van der Waals surface area contributed by atoms with Crippen LogP contribution in [0.25, 0.3) is 0 Å². The van der Waals surface area contributed by atoms with Gasteiger partial charge in [0, 0.05) is 32.7 Å². The average molecular weight is 372 g/mol. The van der Waals surface area contributed by atoms with E-state index in [1.54, 1.807) is 0 Å². The van der Waals surface area contributed by atoms with Gasteiger partial charge in [0.2, 0.25) is 5.09 Å². The number of rotatable bonds is 5. The highest BCUT2D eigenvalue weighted by atomic mass is 32.2. The average Bonchev–Trinajstić information content (AvgIpc) is 3.03. The van der Waals surface area contributed by atoms with E-state index in [1.807, 2.05) is 11.8 Å². The fourth-order valence-corrected chi connectivity index (χ4v) is 3.78. The van der Waals surface area contributed by atoms with Crippen molar-refractivity contribution in [1.82, 2.24) is 14.5 Å². The van der Waals surface area contributed by atoms with Crippen molar-refractivity contribution in [2.24, 2.45) is 5.73 Å². The third kappa shape index (κ3) is 4.13. The molecule has 0 radical (unpaired) electrons. The molecule has 1 aliphatic heterocycles. The maximum Gasteiger partial charge on any atom is 0.284 e. The first-order chi connectivity index (χ1) is 11.2. The van der Waals surface area contributed by atoms with E-state index in [0.29, 0.717) is 24.7 Å². The minimum absolute atomic E-state index is 0.183. The minimum Gasteiger partial charge on any atom is -0.438 e. The Hall–Kier alpha value is -1.91. The zero-order chi connectivity index (χ0) is 17.9. The largest absolute Gasteiger partial charge is 0.438 e. The molecular formula is C14H20N4O4S2. The van der Waals surface area contributed by atoms with Gasteiger partial charge in [0.25, 0.3) is 15.9 Å². The number of furan rings is 1. The lowest BCUT2D eigenvalue weighted by Gasteiger charge is -2.35. The van der Waals surface area contributed by atoms with E-state index in [0.717, 1.165) is 5.57 Å². The molecule has 1 amide bonds. The number of nitrogens with zero attached hydrogens (tertiary/aromatic N) is 2. The summed E-state index contributed by atoms with van der Waals surface area (Å²) in [5.74, 6) is -0.993. The van der Waals surface area contributed by atoms with E-state index >= 15 is 0 Å². The summed E-state index contributed by atoms with van der Waals surface area (Å²) >= 11 is 5.29. The number of nitrogens with one attached hydrogen (secondary N) is 1. The first-order valence-electron chi connectivity index (χ1n) is 7.29. The Balaban J connectivity index is 1.98. The van der Waals surface area contributed by atoms with E-state index in [1.165, 1.54) is 16.4 Å². The SMILES string of the molecule is C=C(C)CNC(=S)N1CCN(S(=O)(=O)c2ccc(C(N)=O)o2)CC1. The van der Waals surface area contributed by atoms with Crippen molar-refractivity contribution in [3.8, 4) is 0 Å². The van der Waals surface area contributed by atoms with Crippen LogP contribution < -0.4 is 11.1 Å². The van der Waals surface area contributed by atoms with Gasteiger partial charge in [-0.25, -0.2) is 8.42 Å².